The number of hydrogen-bond donors (Lipinski definition) is 1. The highest BCUT2D eigenvalue weighted by Gasteiger charge is 2.19. The highest BCUT2D eigenvalue weighted by Crippen LogP contribution is 2.25. The zero-order valence-corrected chi connectivity index (χ0v) is 12.3. The van der Waals surface area contributed by atoms with Gasteiger partial charge in [0.05, 0.1) is 17.3 Å². The van der Waals surface area contributed by atoms with Crippen LogP contribution in [0.15, 0.2) is 6.07 Å². The number of nitrogen functional groups attached to an aromatic ring is 1. The van der Waals surface area contributed by atoms with Crippen LogP contribution in [0.5, 0.6) is 0 Å². The number of pyridine rings is 1. The number of halogens is 2. The standard InChI is InChI=1S/C12H16Cl2N2O3/c1-3-4-5-18-7(2)19-12(17)11-10(14)8(15)6-9(13)16-11/h6-7H,3-5H2,1-2H3,(H2,15,16). The number of carbonyl (C=O) groups excluding carboxylic acids is 1. The molecule has 0 aliphatic heterocycles. The molecule has 0 aliphatic rings. The summed E-state index contributed by atoms with van der Waals surface area (Å²) < 4.78 is 10.3. The molecule has 7 heteroatoms. The average molecular weight is 307 g/mol. The molecule has 0 radical (unpaired) electrons. The number of ether oxygens (including phenoxy) is 2. The van der Waals surface area contributed by atoms with Gasteiger partial charge in [0.2, 0.25) is 6.29 Å². The van der Waals surface area contributed by atoms with Crippen LogP contribution in [-0.2, 0) is 9.47 Å². The molecule has 0 aliphatic carbocycles. The van der Waals surface area contributed by atoms with Gasteiger partial charge in [-0.05, 0) is 19.4 Å². The summed E-state index contributed by atoms with van der Waals surface area (Å²) in [6.07, 6.45) is 1.21. The van der Waals surface area contributed by atoms with Gasteiger partial charge in [0.25, 0.3) is 0 Å². The van der Waals surface area contributed by atoms with E-state index in [1.807, 2.05) is 6.92 Å². The summed E-state index contributed by atoms with van der Waals surface area (Å²) in [6.45, 7) is 4.18. The Balaban J connectivity index is 2.68. The Hall–Kier alpha value is -1.04. The highest BCUT2D eigenvalue weighted by atomic mass is 35.5. The van der Waals surface area contributed by atoms with Crippen molar-refractivity contribution < 1.29 is 14.3 Å². The second-order valence-electron chi connectivity index (χ2n) is 3.89. The van der Waals surface area contributed by atoms with E-state index in [-0.39, 0.29) is 21.6 Å². The Morgan fingerprint density at radius 1 is 1.53 bits per heavy atom. The molecule has 5 nitrogen and oxygen atoms in total. The molecule has 1 atom stereocenters. The van der Waals surface area contributed by atoms with E-state index in [0.717, 1.165) is 12.8 Å². The van der Waals surface area contributed by atoms with E-state index in [1.54, 1.807) is 6.92 Å². The van der Waals surface area contributed by atoms with Crippen LogP contribution < -0.4 is 5.73 Å². The summed E-state index contributed by atoms with van der Waals surface area (Å²) in [6, 6.07) is 1.36. The number of nitrogens with zero attached hydrogens (tertiary/aromatic N) is 1. The van der Waals surface area contributed by atoms with E-state index in [0.29, 0.717) is 6.61 Å². The normalized spacial score (nSPS) is 12.2. The minimum Gasteiger partial charge on any atom is -0.431 e. The Kier molecular flexibility index (Phi) is 6.34. The van der Waals surface area contributed by atoms with Gasteiger partial charge in [0, 0.05) is 0 Å². The third-order valence-corrected chi connectivity index (χ3v) is 2.86. The molecule has 0 fully saturated rings. The number of anilines is 1. The first-order valence-electron chi connectivity index (χ1n) is 5.89. The van der Waals surface area contributed by atoms with Crippen molar-refractivity contribution in [3.63, 3.8) is 0 Å². The van der Waals surface area contributed by atoms with Gasteiger partial charge in [-0.15, -0.1) is 0 Å². The molecular weight excluding hydrogens is 291 g/mol. The smallest absolute Gasteiger partial charge is 0.360 e. The minimum atomic E-state index is -0.719. The number of aromatic nitrogens is 1. The molecule has 0 aromatic carbocycles. The lowest BCUT2D eigenvalue weighted by Crippen LogP contribution is -2.20. The van der Waals surface area contributed by atoms with Gasteiger partial charge in [-0.25, -0.2) is 9.78 Å². The van der Waals surface area contributed by atoms with Crippen LogP contribution in [0.1, 0.15) is 37.2 Å². The van der Waals surface area contributed by atoms with Gasteiger partial charge in [0.15, 0.2) is 5.69 Å². The van der Waals surface area contributed by atoms with Crippen molar-refractivity contribution in [3.8, 4) is 0 Å². The van der Waals surface area contributed by atoms with Gasteiger partial charge in [-0.1, -0.05) is 36.5 Å². The van der Waals surface area contributed by atoms with Gasteiger partial charge in [0.1, 0.15) is 5.15 Å². The topological polar surface area (TPSA) is 74.4 Å². The van der Waals surface area contributed by atoms with Crippen LogP contribution in [0.2, 0.25) is 10.2 Å². The lowest BCUT2D eigenvalue weighted by molar-refractivity contribution is -0.0987. The minimum absolute atomic E-state index is 0.0233. The predicted octanol–water partition coefficient (Wildman–Crippen LogP) is 3.29. The molecule has 1 unspecified atom stereocenters. The van der Waals surface area contributed by atoms with Crippen molar-refractivity contribution in [3.05, 3.63) is 21.9 Å². The van der Waals surface area contributed by atoms with Gasteiger partial charge in [-0.2, -0.15) is 0 Å². The summed E-state index contributed by atoms with van der Waals surface area (Å²) in [7, 11) is 0. The van der Waals surface area contributed by atoms with Crippen molar-refractivity contribution in [2.45, 2.75) is 33.0 Å². The Morgan fingerprint density at radius 2 is 2.21 bits per heavy atom. The van der Waals surface area contributed by atoms with E-state index in [4.69, 9.17) is 38.4 Å². The largest absolute Gasteiger partial charge is 0.431 e. The average Bonchev–Trinajstić information content (AvgIpc) is 2.33. The number of carbonyl (C=O) groups is 1. The van der Waals surface area contributed by atoms with Crippen molar-refractivity contribution in [1.82, 2.24) is 4.98 Å². The van der Waals surface area contributed by atoms with Crippen molar-refractivity contribution in [2.75, 3.05) is 12.3 Å². The molecule has 1 aromatic heterocycles. The summed E-state index contributed by atoms with van der Waals surface area (Å²) in [5, 5.41) is 0.101. The Morgan fingerprint density at radius 3 is 2.84 bits per heavy atom. The first-order chi connectivity index (χ1) is 8.95. The maximum absolute atomic E-state index is 11.8. The fraction of sp³-hybridized carbons (Fsp3) is 0.500. The van der Waals surface area contributed by atoms with E-state index in [9.17, 15) is 4.79 Å². The lowest BCUT2D eigenvalue weighted by atomic mass is 10.3. The maximum atomic E-state index is 11.8. The lowest BCUT2D eigenvalue weighted by Gasteiger charge is -2.14. The van der Waals surface area contributed by atoms with Gasteiger partial charge in [-0.3, -0.25) is 0 Å². The molecule has 0 bridgehead atoms. The van der Waals surface area contributed by atoms with Crippen molar-refractivity contribution in [2.24, 2.45) is 0 Å². The van der Waals surface area contributed by atoms with E-state index >= 15 is 0 Å². The molecule has 1 aromatic rings. The molecule has 0 saturated heterocycles. The monoisotopic (exact) mass is 306 g/mol. The number of hydrogen-bond acceptors (Lipinski definition) is 5. The molecule has 0 spiro atoms. The second kappa shape index (κ2) is 7.53. The molecule has 0 saturated carbocycles. The van der Waals surface area contributed by atoms with Crippen LogP contribution in [0.25, 0.3) is 0 Å². The number of unbranched alkanes of at least 4 members (excludes halogenated alkanes) is 1. The van der Waals surface area contributed by atoms with Crippen LogP contribution >= 0.6 is 23.2 Å². The fourth-order valence-corrected chi connectivity index (χ4v) is 1.66. The third kappa shape index (κ3) is 4.86. The molecule has 1 heterocycles. The molecule has 19 heavy (non-hydrogen) atoms. The predicted molar refractivity (Wildman–Crippen MR) is 74.4 cm³/mol. The quantitative estimate of drug-likeness (QED) is 0.378. The molecular formula is C12H16Cl2N2O3. The maximum Gasteiger partial charge on any atom is 0.360 e. The zero-order valence-electron chi connectivity index (χ0n) is 10.8. The third-order valence-electron chi connectivity index (χ3n) is 2.27. The molecule has 2 N–H and O–H groups in total. The van der Waals surface area contributed by atoms with Crippen LogP contribution in [0.3, 0.4) is 0 Å². The summed E-state index contributed by atoms with van der Waals surface area (Å²) >= 11 is 11.6. The fourth-order valence-electron chi connectivity index (χ4n) is 1.29. The molecule has 1 rings (SSSR count). The van der Waals surface area contributed by atoms with Crippen LogP contribution in [0.4, 0.5) is 5.69 Å². The Labute approximate surface area is 122 Å². The highest BCUT2D eigenvalue weighted by molar-refractivity contribution is 6.37. The van der Waals surface area contributed by atoms with E-state index in [2.05, 4.69) is 4.98 Å². The van der Waals surface area contributed by atoms with E-state index < -0.39 is 12.3 Å². The van der Waals surface area contributed by atoms with Crippen molar-refractivity contribution in [1.29, 1.82) is 0 Å². The summed E-state index contributed by atoms with van der Waals surface area (Å²) in [5.41, 5.74) is 5.65. The number of esters is 1. The second-order valence-corrected chi connectivity index (χ2v) is 4.66. The van der Waals surface area contributed by atoms with Gasteiger partial charge < -0.3 is 15.2 Å². The molecule has 106 valence electrons. The van der Waals surface area contributed by atoms with Crippen molar-refractivity contribution >= 4 is 34.9 Å². The van der Waals surface area contributed by atoms with Gasteiger partial charge >= 0.3 is 5.97 Å². The number of nitrogens with two attached hydrogens (primary N) is 1. The van der Waals surface area contributed by atoms with E-state index in [1.165, 1.54) is 6.07 Å². The first-order valence-corrected chi connectivity index (χ1v) is 6.65. The number of rotatable bonds is 6. The van der Waals surface area contributed by atoms with Crippen LogP contribution in [0, 0.1) is 0 Å². The first kappa shape index (κ1) is 16.0. The SMILES string of the molecule is CCCCOC(C)OC(=O)c1nc(Cl)cc(N)c1Cl. The zero-order chi connectivity index (χ0) is 14.4. The van der Waals surface area contributed by atoms with Crippen LogP contribution in [-0.4, -0.2) is 23.9 Å². The summed E-state index contributed by atoms with van der Waals surface area (Å²) in [5.74, 6) is -0.719. The molecule has 0 amide bonds. The summed E-state index contributed by atoms with van der Waals surface area (Å²) in [4.78, 5) is 15.7. The Bertz CT molecular complexity index is 455.